The second-order valence-electron chi connectivity index (χ2n) is 7.87. The van der Waals surface area contributed by atoms with Gasteiger partial charge in [0, 0.05) is 31.7 Å². The van der Waals surface area contributed by atoms with Gasteiger partial charge < -0.3 is 15.5 Å². The quantitative estimate of drug-likeness (QED) is 0.550. The molecule has 0 bridgehead atoms. The third kappa shape index (κ3) is 3.70. The van der Waals surface area contributed by atoms with E-state index in [1.165, 1.54) is 6.07 Å². The van der Waals surface area contributed by atoms with Crippen LogP contribution in [0.1, 0.15) is 5.56 Å². The van der Waals surface area contributed by atoms with Crippen LogP contribution in [0.25, 0.3) is 22.3 Å². The van der Waals surface area contributed by atoms with E-state index in [4.69, 9.17) is 15.7 Å². The lowest BCUT2D eigenvalue weighted by Gasteiger charge is -2.32. The van der Waals surface area contributed by atoms with Crippen LogP contribution in [0.3, 0.4) is 0 Å². The fraction of sp³-hybridized carbons (Fsp3) is 0.261. The summed E-state index contributed by atoms with van der Waals surface area (Å²) < 4.78 is 16.5. The third-order valence-corrected chi connectivity index (χ3v) is 5.72. The van der Waals surface area contributed by atoms with Gasteiger partial charge in [0.1, 0.15) is 11.6 Å². The normalized spacial score (nSPS) is 15.0. The van der Waals surface area contributed by atoms with Crippen molar-refractivity contribution in [3.8, 4) is 11.3 Å². The Kier molecular flexibility index (Phi) is 4.99. The van der Waals surface area contributed by atoms with Crippen molar-refractivity contribution in [3.63, 3.8) is 0 Å². The SMILES string of the molecule is CN1CCN(c2nc(-c3ccccc3F)c3c(N)n(Cc4ccccc4)nc3n2)CC1. The number of anilines is 2. The lowest BCUT2D eigenvalue weighted by molar-refractivity contribution is 0.311. The molecule has 0 atom stereocenters. The van der Waals surface area contributed by atoms with Gasteiger partial charge in [-0.15, -0.1) is 5.10 Å². The fourth-order valence-corrected chi connectivity index (χ4v) is 3.92. The van der Waals surface area contributed by atoms with Crippen molar-refractivity contribution in [1.29, 1.82) is 0 Å². The van der Waals surface area contributed by atoms with Crippen LogP contribution in [-0.2, 0) is 6.54 Å². The molecule has 158 valence electrons. The lowest BCUT2D eigenvalue weighted by atomic mass is 10.1. The van der Waals surface area contributed by atoms with Gasteiger partial charge in [-0.1, -0.05) is 42.5 Å². The molecule has 0 amide bonds. The molecule has 1 saturated heterocycles. The monoisotopic (exact) mass is 417 g/mol. The molecule has 1 fully saturated rings. The van der Waals surface area contributed by atoms with E-state index in [1.54, 1.807) is 22.9 Å². The number of hydrogen-bond donors (Lipinski definition) is 1. The first-order valence-electron chi connectivity index (χ1n) is 10.4. The molecule has 0 radical (unpaired) electrons. The van der Waals surface area contributed by atoms with Gasteiger partial charge in [0.25, 0.3) is 0 Å². The van der Waals surface area contributed by atoms with Crippen LogP contribution in [0.5, 0.6) is 0 Å². The Labute approximate surface area is 179 Å². The van der Waals surface area contributed by atoms with E-state index in [1.807, 2.05) is 30.3 Å². The molecule has 3 heterocycles. The topological polar surface area (TPSA) is 76.1 Å². The van der Waals surface area contributed by atoms with Gasteiger partial charge in [-0.3, -0.25) is 0 Å². The van der Waals surface area contributed by atoms with Crippen molar-refractivity contribution in [2.75, 3.05) is 43.9 Å². The first-order valence-corrected chi connectivity index (χ1v) is 10.4. The van der Waals surface area contributed by atoms with Gasteiger partial charge in [-0.05, 0) is 24.7 Å². The molecule has 0 unspecified atom stereocenters. The van der Waals surface area contributed by atoms with E-state index in [9.17, 15) is 4.39 Å². The molecule has 0 spiro atoms. The van der Waals surface area contributed by atoms with Gasteiger partial charge in [-0.25, -0.2) is 14.1 Å². The van der Waals surface area contributed by atoms with Crippen LogP contribution in [0.2, 0.25) is 0 Å². The first kappa shape index (κ1) is 19.4. The average Bonchev–Trinajstić information content (AvgIpc) is 3.10. The number of rotatable bonds is 4. The Balaban J connectivity index is 1.66. The smallest absolute Gasteiger partial charge is 0.228 e. The van der Waals surface area contributed by atoms with E-state index < -0.39 is 0 Å². The second kappa shape index (κ2) is 7.96. The van der Waals surface area contributed by atoms with E-state index in [2.05, 4.69) is 21.9 Å². The number of fused-ring (bicyclic) bond motifs is 1. The van der Waals surface area contributed by atoms with E-state index in [0.29, 0.717) is 40.6 Å². The van der Waals surface area contributed by atoms with Crippen LogP contribution in [0.4, 0.5) is 16.2 Å². The molecule has 0 saturated carbocycles. The Hall–Kier alpha value is -3.52. The number of halogens is 1. The molecule has 1 aliphatic rings. The molecule has 7 nitrogen and oxygen atoms in total. The molecule has 8 heteroatoms. The van der Waals surface area contributed by atoms with E-state index in [0.717, 1.165) is 31.7 Å². The number of nitrogen functional groups attached to an aromatic ring is 1. The minimum atomic E-state index is -0.345. The summed E-state index contributed by atoms with van der Waals surface area (Å²) in [6, 6.07) is 16.6. The zero-order valence-corrected chi connectivity index (χ0v) is 17.4. The molecule has 1 aliphatic heterocycles. The number of nitrogens with two attached hydrogens (primary N) is 1. The molecule has 31 heavy (non-hydrogen) atoms. The number of piperazine rings is 1. The number of hydrogen-bond acceptors (Lipinski definition) is 6. The number of aromatic nitrogens is 4. The maximum Gasteiger partial charge on any atom is 0.228 e. The van der Waals surface area contributed by atoms with Gasteiger partial charge in [0.2, 0.25) is 5.95 Å². The van der Waals surface area contributed by atoms with Crippen LogP contribution in [0, 0.1) is 5.82 Å². The van der Waals surface area contributed by atoms with E-state index >= 15 is 0 Å². The Morgan fingerprint density at radius 2 is 1.65 bits per heavy atom. The Bertz CT molecular complexity index is 1210. The Morgan fingerprint density at radius 1 is 0.935 bits per heavy atom. The summed E-state index contributed by atoms with van der Waals surface area (Å²) in [6.07, 6.45) is 0. The zero-order valence-electron chi connectivity index (χ0n) is 17.4. The minimum Gasteiger partial charge on any atom is -0.383 e. The van der Waals surface area contributed by atoms with Crippen LogP contribution in [-0.4, -0.2) is 57.9 Å². The average molecular weight is 417 g/mol. The van der Waals surface area contributed by atoms with Crippen molar-refractivity contribution >= 4 is 22.8 Å². The van der Waals surface area contributed by atoms with Crippen molar-refractivity contribution in [2.45, 2.75) is 6.54 Å². The van der Waals surface area contributed by atoms with Crippen LogP contribution < -0.4 is 10.6 Å². The lowest BCUT2D eigenvalue weighted by Crippen LogP contribution is -2.45. The molecule has 2 aromatic carbocycles. The van der Waals surface area contributed by atoms with Crippen molar-refractivity contribution in [3.05, 3.63) is 66.0 Å². The van der Waals surface area contributed by atoms with E-state index in [-0.39, 0.29) is 5.82 Å². The highest BCUT2D eigenvalue weighted by Gasteiger charge is 2.23. The summed E-state index contributed by atoms with van der Waals surface area (Å²) in [5.41, 5.74) is 8.93. The molecular weight excluding hydrogens is 393 g/mol. The highest BCUT2D eigenvalue weighted by Crippen LogP contribution is 2.33. The predicted molar refractivity (Wildman–Crippen MR) is 120 cm³/mol. The second-order valence-corrected chi connectivity index (χ2v) is 7.87. The fourth-order valence-electron chi connectivity index (χ4n) is 3.92. The molecule has 2 aromatic heterocycles. The maximum absolute atomic E-state index is 14.8. The van der Waals surface area contributed by atoms with Crippen molar-refractivity contribution in [1.82, 2.24) is 24.6 Å². The minimum absolute atomic E-state index is 0.345. The molecule has 5 rings (SSSR count). The molecule has 2 N–H and O–H groups in total. The van der Waals surface area contributed by atoms with Crippen LogP contribution in [0.15, 0.2) is 54.6 Å². The van der Waals surface area contributed by atoms with Gasteiger partial charge >= 0.3 is 0 Å². The first-order chi connectivity index (χ1) is 15.1. The van der Waals surface area contributed by atoms with Gasteiger partial charge in [0.05, 0.1) is 17.6 Å². The summed E-state index contributed by atoms with van der Waals surface area (Å²) in [4.78, 5) is 13.9. The van der Waals surface area contributed by atoms with Gasteiger partial charge in [-0.2, -0.15) is 4.98 Å². The van der Waals surface area contributed by atoms with Crippen molar-refractivity contribution < 1.29 is 4.39 Å². The number of nitrogens with zero attached hydrogens (tertiary/aromatic N) is 6. The highest BCUT2D eigenvalue weighted by molar-refractivity contribution is 5.99. The zero-order chi connectivity index (χ0) is 21.4. The maximum atomic E-state index is 14.8. The molecule has 4 aromatic rings. The van der Waals surface area contributed by atoms with Gasteiger partial charge in [0.15, 0.2) is 5.65 Å². The summed E-state index contributed by atoms with van der Waals surface area (Å²) in [6.45, 7) is 3.95. The summed E-state index contributed by atoms with van der Waals surface area (Å²) >= 11 is 0. The van der Waals surface area contributed by atoms with Crippen LogP contribution >= 0.6 is 0 Å². The standard InChI is InChI=1S/C23H24FN7/c1-29-11-13-30(14-12-29)23-26-20(17-9-5-6-10-18(17)24)19-21(25)31(28-22(19)27-23)15-16-7-3-2-4-8-16/h2-10H,11-15,25H2,1H3. The summed E-state index contributed by atoms with van der Waals surface area (Å²) in [5.74, 6) is 0.646. The predicted octanol–water partition coefficient (Wildman–Crippen LogP) is 3.01. The largest absolute Gasteiger partial charge is 0.383 e. The summed E-state index contributed by atoms with van der Waals surface area (Å²) in [7, 11) is 2.10. The molecule has 0 aliphatic carbocycles. The highest BCUT2D eigenvalue weighted by atomic mass is 19.1. The van der Waals surface area contributed by atoms with Crippen molar-refractivity contribution in [2.24, 2.45) is 0 Å². The number of likely N-dealkylation sites (N-methyl/N-ethyl adjacent to an activating group) is 1. The third-order valence-electron chi connectivity index (χ3n) is 5.72. The Morgan fingerprint density at radius 3 is 2.39 bits per heavy atom. The summed E-state index contributed by atoms with van der Waals surface area (Å²) in [5, 5.41) is 5.26. The molecular formula is C23H24FN7. The number of benzene rings is 2.